The minimum absolute atomic E-state index is 0.173. The Morgan fingerprint density at radius 2 is 2.13 bits per heavy atom. The molecule has 90 valence electrons. The summed E-state index contributed by atoms with van der Waals surface area (Å²) in [5.74, 6) is 1.05. The van der Waals surface area contributed by atoms with Crippen LogP contribution in [0, 0.1) is 0 Å². The number of hydrogen-bond donors (Lipinski definition) is 0. The summed E-state index contributed by atoms with van der Waals surface area (Å²) in [5, 5.41) is 0. The maximum atomic E-state index is 13.0. The zero-order chi connectivity index (χ0) is 11.5. The lowest BCUT2D eigenvalue weighted by Gasteiger charge is -2.05. The third kappa shape index (κ3) is 10.0. The number of thioether (sulfide) groups is 1. The van der Waals surface area contributed by atoms with Crippen LogP contribution in [0.2, 0.25) is 0 Å². The highest BCUT2D eigenvalue weighted by Gasteiger charge is 2.05. The van der Waals surface area contributed by atoms with Crippen molar-refractivity contribution < 1.29 is 13.9 Å². The van der Waals surface area contributed by atoms with Gasteiger partial charge in [0.05, 0.1) is 12.4 Å². The van der Waals surface area contributed by atoms with Crippen molar-refractivity contribution in [3.8, 4) is 0 Å². The van der Waals surface area contributed by atoms with Crippen LogP contribution in [0.15, 0.2) is 0 Å². The van der Waals surface area contributed by atoms with Gasteiger partial charge in [0.15, 0.2) is 0 Å². The fourth-order valence-corrected chi connectivity index (χ4v) is 1.99. The molecule has 0 bridgehead atoms. The normalized spacial score (nSPS) is 12.5. The Labute approximate surface area is 96.0 Å². The Hall–Kier alpha value is -0.250. The number of carbonyl (C=O) groups is 1. The van der Waals surface area contributed by atoms with Gasteiger partial charge in [-0.1, -0.05) is 13.3 Å². The molecule has 0 spiro atoms. The van der Waals surface area contributed by atoms with Crippen LogP contribution >= 0.6 is 11.8 Å². The number of halogens is 1. The Morgan fingerprint density at radius 3 is 2.73 bits per heavy atom. The highest BCUT2D eigenvalue weighted by molar-refractivity contribution is 7.99. The van der Waals surface area contributed by atoms with E-state index in [4.69, 9.17) is 4.74 Å². The smallest absolute Gasteiger partial charge is 0.315 e. The van der Waals surface area contributed by atoms with Crippen molar-refractivity contribution >= 4 is 17.7 Å². The second-order valence-corrected chi connectivity index (χ2v) is 4.49. The number of alkyl halides is 1. The molecule has 1 unspecified atom stereocenters. The summed E-state index contributed by atoms with van der Waals surface area (Å²) in [6.45, 7) is 4.21. The summed E-state index contributed by atoms with van der Waals surface area (Å²) in [4.78, 5) is 10.9. The van der Waals surface area contributed by atoms with E-state index in [2.05, 4.69) is 0 Å². The molecular weight excluding hydrogens is 215 g/mol. The van der Waals surface area contributed by atoms with Crippen molar-refractivity contribution in [2.24, 2.45) is 0 Å². The van der Waals surface area contributed by atoms with Crippen molar-refractivity contribution in [2.45, 2.75) is 45.7 Å². The minimum Gasteiger partial charge on any atom is -0.465 e. The minimum atomic E-state index is -0.668. The SMILES string of the molecule is CCCC(F)CCCSCC(=O)OCC. The third-order valence-electron chi connectivity index (χ3n) is 1.93. The van der Waals surface area contributed by atoms with Gasteiger partial charge in [0.2, 0.25) is 0 Å². The van der Waals surface area contributed by atoms with Gasteiger partial charge in [-0.05, 0) is 31.9 Å². The van der Waals surface area contributed by atoms with Gasteiger partial charge >= 0.3 is 5.97 Å². The summed E-state index contributed by atoms with van der Waals surface area (Å²) in [6.07, 6.45) is 2.34. The van der Waals surface area contributed by atoms with Crippen molar-refractivity contribution in [3.63, 3.8) is 0 Å². The zero-order valence-electron chi connectivity index (χ0n) is 9.63. The molecule has 0 aromatic rings. The molecule has 0 aliphatic rings. The van der Waals surface area contributed by atoms with Crippen molar-refractivity contribution in [3.05, 3.63) is 0 Å². The van der Waals surface area contributed by atoms with Crippen molar-refractivity contribution in [1.82, 2.24) is 0 Å². The Morgan fingerprint density at radius 1 is 1.40 bits per heavy atom. The number of ether oxygens (including phenoxy) is 1. The van der Waals surface area contributed by atoms with Gasteiger partial charge in [0.25, 0.3) is 0 Å². The van der Waals surface area contributed by atoms with Gasteiger partial charge in [0.1, 0.15) is 6.17 Å². The van der Waals surface area contributed by atoms with E-state index in [1.165, 1.54) is 11.8 Å². The maximum Gasteiger partial charge on any atom is 0.315 e. The number of esters is 1. The summed E-state index contributed by atoms with van der Waals surface area (Å²) in [7, 11) is 0. The molecule has 0 saturated carbocycles. The summed E-state index contributed by atoms with van der Waals surface area (Å²) < 4.78 is 17.8. The van der Waals surface area contributed by atoms with Gasteiger partial charge in [-0.2, -0.15) is 11.8 Å². The first-order valence-electron chi connectivity index (χ1n) is 5.58. The Balaban J connectivity index is 3.20. The van der Waals surface area contributed by atoms with Gasteiger partial charge in [0, 0.05) is 0 Å². The van der Waals surface area contributed by atoms with E-state index in [0.717, 1.165) is 18.6 Å². The first-order chi connectivity index (χ1) is 7.20. The van der Waals surface area contributed by atoms with Crippen molar-refractivity contribution in [2.75, 3.05) is 18.1 Å². The summed E-state index contributed by atoms with van der Waals surface area (Å²) >= 11 is 1.52. The number of hydrogen-bond acceptors (Lipinski definition) is 3. The second kappa shape index (κ2) is 10.3. The molecule has 0 aliphatic carbocycles. The Kier molecular flexibility index (Phi) is 10.1. The third-order valence-corrected chi connectivity index (χ3v) is 2.95. The largest absolute Gasteiger partial charge is 0.465 e. The molecular formula is C11H21FO2S. The first-order valence-corrected chi connectivity index (χ1v) is 6.73. The van der Waals surface area contributed by atoms with Crippen LogP contribution in [0.5, 0.6) is 0 Å². The van der Waals surface area contributed by atoms with Crippen LogP contribution in [0.4, 0.5) is 4.39 Å². The lowest BCUT2D eigenvalue weighted by Crippen LogP contribution is -2.07. The van der Waals surface area contributed by atoms with Crippen LogP contribution in [0.25, 0.3) is 0 Å². The van der Waals surface area contributed by atoms with Gasteiger partial charge in [-0.3, -0.25) is 4.79 Å². The molecule has 1 atom stereocenters. The van der Waals surface area contributed by atoms with E-state index >= 15 is 0 Å². The van der Waals surface area contributed by atoms with Gasteiger partial charge in [-0.15, -0.1) is 0 Å². The van der Waals surface area contributed by atoms with E-state index in [0.29, 0.717) is 25.2 Å². The summed E-state index contributed by atoms with van der Waals surface area (Å²) in [5.41, 5.74) is 0. The molecule has 0 aromatic carbocycles. The molecule has 0 aromatic heterocycles. The van der Waals surface area contributed by atoms with Crippen LogP contribution in [0.3, 0.4) is 0 Å². The number of rotatable bonds is 9. The van der Waals surface area contributed by atoms with E-state index < -0.39 is 6.17 Å². The fraction of sp³-hybridized carbons (Fsp3) is 0.909. The predicted octanol–water partition coefficient (Wildman–Crippen LogP) is 3.20. The highest BCUT2D eigenvalue weighted by atomic mass is 32.2. The molecule has 0 saturated heterocycles. The average molecular weight is 236 g/mol. The van der Waals surface area contributed by atoms with Crippen LogP contribution in [-0.4, -0.2) is 30.3 Å². The molecule has 0 fully saturated rings. The maximum absolute atomic E-state index is 13.0. The quantitative estimate of drug-likeness (QED) is 0.454. The van der Waals surface area contributed by atoms with E-state index in [-0.39, 0.29) is 5.97 Å². The highest BCUT2D eigenvalue weighted by Crippen LogP contribution is 2.12. The van der Waals surface area contributed by atoms with Crippen LogP contribution < -0.4 is 0 Å². The summed E-state index contributed by atoms with van der Waals surface area (Å²) in [6, 6.07) is 0. The van der Waals surface area contributed by atoms with Crippen LogP contribution in [-0.2, 0) is 9.53 Å². The van der Waals surface area contributed by atoms with Crippen LogP contribution in [0.1, 0.15) is 39.5 Å². The van der Waals surface area contributed by atoms with Gasteiger partial charge in [-0.25, -0.2) is 4.39 Å². The van der Waals surface area contributed by atoms with E-state index in [1.54, 1.807) is 6.92 Å². The topological polar surface area (TPSA) is 26.3 Å². The molecule has 0 N–H and O–H groups in total. The fourth-order valence-electron chi connectivity index (χ4n) is 1.22. The van der Waals surface area contributed by atoms with Gasteiger partial charge < -0.3 is 4.74 Å². The van der Waals surface area contributed by atoms with E-state index in [1.807, 2.05) is 6.92 Å². The monoisotopic (exact) mass is 236 g/mol. The standard InChI is InChI=1S/C11H21FO2S/c1-3-6-10(12)7-5-8-15-9-11(13)14-4-2/h10H,3-9H2,1-2H3. The molecule has 0 radical (unpaired) electrons. The first kappa shape index (κ1) is 14.8. The average Bonchev–Trinajstić information content (AvgIpc) is 2.18. The molecule has 2 nitrogen and oxygen atoms in total. The molecule has 4 heteroatoms. The molecule has 0 rings (SSSR count). The molecule has 0 heterocycles. The molecule has 0 amide bonds. The molecule has 0 aliphatic heterocycles. The lowest BCUT2D eigenvalue weighted by atomic mass is 10.1. The second-order valence-electron chi connectivity index (χ2n) is 3.39. The van der Waals surface area contributed by atoms with Crippen molar-refractivity contribution in [1.29, 1.82) is 0 Å². The molecule has 15 heavy (non-hydrogen) atoms. The predicted molar refractivity (Wildman–Crippen MR) is 63.0 cm³/mol. The lowest BCUT2D eigenvalue weighted by molar-refractivity contribution is -0.139. The Bertz CT molecular complexity index is 165. The van der Waals surface area contributed by atoms with E-state index in [9.17, 15) is 9.18 Å². The zero-order valence-corrected chi connectivity index (χ0v) is 10.4. The number of carbonyl (C=O) groups excluding carboxylic acids is 1.